The molecule has 0 N–H and O–H groups in total. The van der Waals surface area contributed by atoms with Crippen LogP contribution in [0.15, 0.2) is 30.3 Å². The maximum absolute atomic E-state index is 10.3. The lowest BCUT2D eigenvalue weighted by atomic mass is 10.3. The fourth-order valence-electron chi connectivity index (χ4n) is 1.34. The molecule has 1 fully saturated rings. The Kier molecular flexibility index (Phi) is 3.32. The minimum absolute atomic E-state index is 0.166. The molecule has 1 aromatic rings. The minimum Gasteiger partial charge on any atom is -0.491 e. The first-order chi connectivity index (χ1) is 7.38. The monoisotopic (exact) mass is 208 g/mol. The van der Waals surface area contributed by atoms with Gasteiger partial charge in [-0.25, -0.2) is 0 Å². The average Bonchev–Trinajstić information content (AvgIpc) is 2.76. The lowest BCUT2D eigenvalue weighted by Crippen LogP contribution is -2.21. The van der Waals surface area contributed by atoms with Crippen molar-refractivity contribution in [3.8, 4) is 5.75 Å². The van der Waals surface area contributed by atoms with Crippen LogP contribution in [0.2, 0.25) is 0 Å². The third kappa shape index (κ3) is 2.78. The van der Waals surface area contributed by atoms with Crippen LogP contribution in [-0.4, -0.2) is 31.9 Å². The van der Waals surface area contributed by atoms with Gasteiger partial charge in [-0.2, -0.15) is 0 Å². The smallest absolute Gasteiger partial charge is 0.215 e. The van der Waals surface area contributed by atoms with E-state index in [0.29, 0.717) is 19.5 Å². The average molecular weight is 208 g/mol. The summed E-state index contributed by atoms with van der Waals surface area (Å²) in [7, 11) is 0. The zero-order chi connectivity index (χ0) is 10.5. The fraction of sp³-hybridized carbons (Fsp3) is 0.364. The summed E-state index contributed by atoms with van der Waals surface area (Å²) in [4.78, 5) is 10.3. The molecule has 0 amide bonds. The predicted molar refractivity (Wildman–Crippen MR) is 52.6 cm³/mol. The second-order valence-corrected chi connectivity index (χ2v) is 3.22. The molecule has 2 atom stereocenters. The molecule has 0 saturated carbocycles. The van der Waals surface area contributed by atoms with Crippen molar-refractivity contribution in [1.29, 1.82) is 0 Å². The third-order valence-corrected chi connectivity index (χ3v) is 2.06. The highest BCUT2D eigenvalue weighted by Crippen LogP contribution is 2.13. The highest BCUT2D eigenvalue weighted by atomic mass is 16.7. The molecule has 2 unspecified atom stereocenters. The molecular formula is C11H12O4. The van der Waals surface area contributed by atoms with Gasteiger partial charge in [-0.15, -0.1) is 0 Å². The van der Waals surface area contributed by atoms with Crippen LogP contribution in [0, 0.1) is 0 Å². The SMILES string of the molecule is O=CC1OCC(COc2ccccc2)O1. The maximum Gasteiger partial charge on any atom is 0.215 e. The zero-order valence-corrected chi connectivity index (χ0v) is 8.17. The molecule has 80 valence electrons. The van der Waals surface area contributed by atoms with Gasteiger partial charge in [0.15, 0.2) is 6.29 Å². The van der Waals surface area contributed by atoms with Crippen LogP contribution in [0.4, 0.5) is 0 Å². The first kappa shape index (κ1) is 10.1. The maximum atomic E-state index is 10.3. The first-order valence-electron chi connectivity index (χ1n) is 4.78. The van der Waals surface area contributed by atoms with Crippen molar-refractivity contribution in [3.05, 3.63) is 30.3 Å². The number of para-hydroxylation sites is 1. The van der Waals surface area contributed by atoms with E-state index in [1.807, 2.05) is 30.3 Å². The molecule has 0 aliphatic carbocycles. The van der Waals surface area contributed by atoms with Gasteiger partial charge in [-0.05, 0) is 12.1 Å². The number of rotatable bonds is 4. The lowest BCUT2D eigenvalue weighted by Gasteiger charge is -2.10. The van der Waals surface area contributed by atoms with E-state index in [1.165, 1.54) is 0 Å². The van der Waals surface area contributed by atoms with Crippen LogP contribution >= 0.6 is 0 Å². The molecule has 15 heavy (non-hydrogen) atoms. The van der Waals surface area contributed by atoms with E-state index in [1.54, 1.807) is 0 Å². The van der Waals surface area contributed by atoms with Crippen LogP contribution in [0.5, 0.6) is 5.75 Å². The molecule has 1 saturated heterocycles. The standard InChI is InChI=1S/C11H12O4/c12-6-11-14-8-10(15-11)7-13-9-4-2-1-3-5-9/h1-6,10-11H,7-8H2. The molecule has 0 spiro atoms. The summed E-state index contributed by atoms with van der Waals surface area (Å²) in [6.07, 6.45) is -0.252. The van der Waals surface area contributed by atoms with Gasteiger partial charge in [0, 0.05) is 0 Å². The third-order valence-electron chi connectivity index (χ3n) is 2.06. The second-order valence-electron chi connectivity index (χ2n) is 3.22. The van der Waals surface area contributed by atoms with Gasteiger partial charge in [-0.3, -0.25) is 4.79 Å². The molecule has 1 aliphatic heterocycles. The van der Waals surface area contributed by atoms with Gasteiger partial charge in [-0.1, -0.05) is 18.2 Å². The summed E-state index contributed by atoms with van der Waals surface area (Å²) >= 11 is 0. The van der Waals surface area contributed by atoms with Crippen LogP contribution in [0.3, 0.4) is 0 Å². The van der Waals surface area contributed by atoms with Gasteiger partial charge in [0.2, 0.25) is 6.29 Å². The highest BCUT2D eigenvalue weighted by Gasteiger charge is 2.25. The molecule has 0 radical (unpaired) electrons. The van der Waals surface area contributed by atoms with Gasteiger partial charge >= 0.3 is 0 Å². The normalized spacial score (nSPS) is 25.1. The summed E-state index contributed by atoms with van der Waals surface area (Å²) in [5, 5.41) is 0. The van der Waals surface area contributed by atoms with E-state index < -0.39 is 6.29 Å². The summed E-state index contributed by atoms with van der Waals surface area (Å²) in [5.41, 5.74) is 0. The van der Waals surface area contributed by atoms with Gasteiger partial charge in [0.1, 0.15) is 18.5 Å². The van der Waals surface area contributed by atoms with E-state index >= 15 is 0 Å². The quantitative estimate of drug-likeness (QED) is 0.692. The number of carbonyl (C=O) groups excluding carboxylic acids is 1. The number of aldehydes is 1. The van der Waals surface area contributed by atoms with Crippen molar-refractivity contribution in [3.63, 3.8) is 0 Å². The molecule has 1 aromatic carbocycles. The number of hydrogen-bond acceptors (Lipinski definition) is 4. The molecule has 1 heterocycles. The summed E-state index contributed by atoms with van der Waals surface area (Å²) in [6.45, 7) is 0.796. The van der Waals surface area contributed by atoms with E-state index in [0.717, 1.165) is 5.75 Å². The van der Waals surface area contributed by atoms with Crippen molar-refractivity contribution in [2.24, 2.45) is 0 Å². The van der Waals surface area contributed by atoms with E-state index in [9.17, 15) is 4.79 Å². The summed E-state index contributed by atoms with van der Waals surface area (Å²) in [6, 6.07) is 9.45. The van der Waals surface area contributed by atoms with E-state index in [2.05, 4.69) is 0 Å². The predicted octanol–water partition coefficient (Wildman–Crippen LogP) is 1.01. The Morgan fingerprint density at radius 2 is 2.20 bits per heavy atom. The van der Waals surface area contributed by atoms with Crippen LogP contribution in [0.25, 0.3) is 0 Å². The number of benzene rings is 1. The first-order valence-corrected chi connectivity index (χ1v) is 4.78. The zero-order valence-electron chi connectivity index (χ0n) is 8.17. The van der Waals surface area contributed by atoms with E-state index in [-0.39, 0.29) is 6.10 Å². The van der Waals surface area contributed by atoms with E-state index in [4.69, 9.17) is 14.2 Å². The molecular weight excluding hydrogens is 196 g/mol. The largest absolute Gasteiger partial charge is 0.491 e. The molecule has 0 bridgehead atoms. The lowest BCUT2D eigenvalue weighted by molar-refractivity contribution is -0.133. The van der Waals surface area contributed by atoms with Crippen molar-refractivity contribution in [2.75, 3.05) is 13.2 Å². The Morgan fingerprint density at radius 1 is 1.40 bits per heavy atom. The van der Waals surface area contributed by atoms with Crippen molar-refractivity contribution >= 4 is 6.29 Å². The van der Waals surface area contributed by atoms with Crippen LogP contribution < -0.4 is 4.74 Å². The molecule has 1 aliphatic rings. The number of hydrogen-bond donors (Lipinski definition) is 0. The van der Waals surface area contributed by atoms with Crippen molar-refractivity contribution in [1.82, 2.24) is 0 Å². The Labute approximate surface area is 87.8 Å². The van der Waals surface area contributed by atoms with Gasteiger partial charge in [0.05, 0.1) is 6.61 Å². The fourth-order valence-corrected chi connectivity index (χ4v) is 1.34. The number of carbonyl (C=O) groups is 1. The summed E-state index contributed by atoms with van der Waals surface area (Å²) in [5.74, 6) is 0.788. The number of ether oxygens (including phenoxy) is 3. The Hall–Kier alpha value is -1.39. The highest BCUT2D eigenvalue weighted by molar-refractivity contribution is 5.54. The second kappa shape index (κ2) is 4.91. The van der Waals surface area contributed by atoms with Gasteiger partial charge in [0.25, 0.3) is 0 Å². The Morgan fingerprint density at radius 3 is 2.87 bits per heavy atom. The molecule has 4 nitrogen and oxygen atoms in total. The minimum atomic E-state index is -0.727. The van der Waals surface area contributed by atoms with Crippen molar-refractivity contribution in [2.45, 2.75) is 12.4 Å². The Balaban J connectivity index is 1.77. The van der Waals surface area contributed by atoms with Crippen LogP contribution in [0.1, 0.15) is 0 Å². The molecule has 4 heteroatoms. The van der Waals surface area contributed by atoms with Crippen molar-refractivity contribution < 1.29 is 19.0 Å². The molecule has 0 aromatic heterocycles. The Bertz CT molecular complexity index is 312. The topological polar surface area (TPSA) is 44.8 Å². The molecule has 2 rings (SSSR count). The van der Waals surface area contributed by atoms with Gasteiger partial charge < -0.3 is 14.2 Å². The van der Waals surface area contributed by atoms with Crippen LogP contribution in [-0.2, 0) is 14.3 Å². The summed E-state index contributed by atoms with van der Waals surface area (Å²) < 4.78 is 15.7.